The lowest BCUT2D eigenvalue weighted by Crippen LogP contribution is -2.41. The molecule has 114 valence electrons. The number of rotatable bonds is 7. The van der Waals surface area contributed by atoms with E-state index in [1.165, 1.54) is 19.2 Å². The molecule has 1 amide bonds. The van der Waals surface area contributed by atoms with Crippen LogP contribution in [0.25, 0.3) is 0 Å². The van der Waals surface area contributed by atoms with Crippen molar-refractivity contribution < 1.29 is 24.4 Å². The van der Waals surface area contributed by atoms with E-state index in [1.54, 1.807) is 0 Å². The van der Waals surface area contributed by atoms with Crippen molar-refractivity contribution in [3.63, 3.8) is 0 Å². The molecule has 0 saturated carbocycles. The van der Waals surface area contributed by atoms with Crippen LogP contribution >= 0.6 is 0 Å². The van der Waals surface area contributed by atoms with E-state index >= 15 is 0 Å². The zero-order chi connectivity index (χ0) is 16.0. The first-order valence-corrected chi connectivity index (χ1v) is 5.94. The summed E-state index contributed by atoms with van der Waals surface area (Å²) in [6, 6.07) is 2.57. The number of ether oxygens (including phenoxy) is 1. The summed E-state index contributed by atoms with van der Waals surface area (Å²) < 4.78 is 4.76. The van der Waals surface area contributed by atoms with Gasteiger partial charge in [-0.15, -0.1) is 0 Å². The van der Waals surface area contributed by atoms with Crippen LogP contribution in [0.5, 0.6) is 0 Å². The number of carboxylic acids is 1. The highest BCUT2D eigenvalue weighted by Crippen LogP contribution is 2.24. The van der Waals surface area contributed by atoms with Crippen molar-refractivity contribution >= 4 is 23.3 Å². The van der Waals surface area contributed by atoms with Gasteiger partial charge in [0.2, 0.25) is 0 Å². The first kappa shape index (κ1) is 16.4. The van der Waals surface area contributed by atoms with Crippen LogP contribution in [0.1, 0.15) is 16.8 Å². The molecule has 0 radical (unpaired) electrons. The monoisotopic (exact) mass is 297 g/mol. The van der Waals surface area contributed by atoms with Crippen molar-refractivity contribution in [2.24, 2.45) is 0 Å². The van der Waals surface area contributed by atoms with Crippen LogP contribution in [0.3, 0.4) is 0 Å². The lowest BCUT2D eigenvalue weighted by Gasteiger charge is -2.14. The van der Waals surface area contributed by atoms with Gasteiger partial charge in [0.25, 0.3) is 11.6 Å². The highest BCUT2D eigenvalue weighted by atomic mass is 16.6. The first-order chi connectivity index (χ1) is 9.88. The molecule has 1 unspecified atom stereocenters. The SMILES string of the molecule is COCCC(NC(=O)c1cccc([N+](=O)[O-])c1N)C(=O)O. The number of amides is 1. The molecule has 0 heterocycles. The summed E-state index contributed by atoms with van der Waals surface area (Å²) in [5.74, 6) is -2.02. The number of anilines is 1. The molecule has 0 aliphatic carbocycles. The number of nitrogen functional groups attached to an aromatic ring is 1. The molecule has 1 atom stereocenters. The Morgan fingerprint density at radius 1 is 1.52 bits per heavy atom. The molecule has 21 heavy (non-hydrogen) atoms. The van der Waals surface area contributed by atoms with Crippen LogP contribution < -0.4 is 11.1 Å². The maximum atomic E-state index is 12.0. The number of carbonyl (C=O) groups excluding carboxylic acids is 1. The van der Waals surface area contributed by atoms with E-state index in [9.17, 15) is 19.7 Å². The Balaban J connectivity index is 2.95. The summed E-state index contributed by atoms with van der Waals surface area (Å²) in [5, 5.41) is 22.0. The minimum Gasteiger partial charge on any atom is -0.480 e. The van der Waals surface area contributed by atoms with E-state index in [-0.39, 0.29) is 24.3 Å². The van der Waals surface area contributed by atoms with Gasteiger partial charge in [0, 0.05) is 26.2 Å². The van der Waals surface area contributed by atoms with Gasteiger partial charge in [-0.05, 0) is 6.07 Å². The highest BCUT2D eigenvalue weighted by Gasteiger charge is 2.24. The van der Waals surface area contributed by atoms with E-state index in [1.807, 2.05) is 0 Å². The average Bonchev–Trinajstić information content (AvgIpc) is 2.42. The highest BCUT2D eigenvalue weighted by molar-refractivity contribution is 6.02. The number of nitro benzene ring substituents is 1. The van der Waals surface area contributed by atoms with E-state index in [4.69, 9.17) is 15.6 Å². The summed E-state index contributed by atoms with van der Waals surface area (Å²) in [6.07, 6.45) is 0.0619. The predicted molar refractivity (Wildman–Crippen MR) is 72.9 cm³/mol. The summed E-state index contributed by atoms with van der Waals surface area (Å²) in [5.41, 5.74) is 4.70. The molecule has 1 rings (SSSR count). The maximum Gasteiger partial charge on any atom is 0.326 e. The molecule has 0 aliphatic heterocycles. The standard InChI is InChI=1S/C12H15N3O6/c1-21-6-5-8(12(17)18)14-11(16)7-3-2-4-9(10(7)13)15(19)20/h2-4,8H,5-6,13H2,1H3,(H,14,16)(H,17,18). The number of aliphatic carboxylic acids is 1. The number of hydrogen-bond donors (Lipinski definition) is 3. The van der Waals surface area contributed by atoms with Gasteiger partial charge in [-0.1, -0.05) is 6.07 Å². The fraction of sp³-hybridized carbons (Fsp3) is 0.333. The van der Waals surface area contributed by atoms with Gasteiger partial charge in [-0.2, -0.15) is 0 Å². The number of carboxylic acid groups (broad SMARTS) is 1. The van der Waals surface area contributed by atoms with Crippen molar-refractivity contribution in [3.05, 3.63) is 33.9 Å². The van der Waals surface area contributed by atoms with Crippen LogP contribution in [0.15, 0.2) is 18.2 Å². The van der Waals surface area contributed by atoms with Gasteiger partial charge in [-0.3, -0.25) is 14.9 Å². The minimum absolute atomic E-state index is 0.0619. The third kappa shape index (κ3) is 4.14. The molecule has 0 spiro atoms. The van der Waals surface area contributed by atoms with Gasteiger partial charge in [0.1, 0.15) is 11.7 Å². The Labute approximate surface area is 119 Å². The van der Waals surface area contributed by atoms with E-state index in [2.05, 4.69) is 5.32 Å². The Morgan fingerprint density at radius 3 is 2.71 bits per heavy atom. The summed E-state index contributed by atoms with van der Waals surface area (Å²) >= 11 is 0. The number of methoxy groups -OCH3 is 1. The van der Waals surface area contributed by atoms with Gasteiger partial charge in [0.05, 0.1) is 10.5 Å². The predicted octanol–water partition coefficient (Wildman–Crippen LogP) is 0.396. The van der Waals surface area contributed by atoms with Crippen molar-refractivity contribution in [1.29, 1.82) is 0 Å². The van der Waals surface area contributed by atoms with Gasteiger partial charge in [-0.25, -0.2) is 4.79 Å². The van der Waals surface area contributed by atoms with Crippen molar-refractivity contribution in [2.45, 2.75) is 12.5 Å². The number of nitrogens with zero attached hydrogens (tertiary/aromatic N) is 1. The molecule has 1 aromatic rings. The van der Waals surface area contributed by atoms with Crippen LogP contribution in [-0.2, 0) is 9.53 Å². The van der Waals surface area contributed by atoms with Crippen LogP contribution in [-0.4, -0.2) is 41.7 Å². The molecular weight excluding hydrogens is 282 g/mol. The zero-order valence-corrected chi connectivity index (χ0v) is 11.2. The van der Waals surface area contributed by atoms with Gasteiger partial charge in [0.15, 0.2) is 0 Å². The Hall–Kier alpha value is -2.68. The number of nitrogens with two attached hydrogens (primary N) is 1. The normalized spacial score (nSPS) is 11.7. The van der Waals surface area contributed by atoms with Crippen LogP contribution in [0, 0.1) is 10.1 Å². The minimum atomic E-state index is -1.23. The maximum absolute atomic E-state index is 12.0. The van der Waals surface area contributed by atoms with E-state index < -0.39 is 28.5 Å². The van der Waals surface area contributed by atoms with Crippen molar-refractivity contribution in [1.82, 2.24) is 5.32 Å². The van der Waals surface area contributed by atoms with Crippen molar-refractivity contribution in [3.8, 4) is 0 Å². The first-order valence-electron chi connectivity index (χ1n) is 5.94. The number of benzene rings is 1. The Morgan fingerprint density at radius 2 is 2.19 bits per heavy atom. The number of hydrogen-bond acceptors (Lipinski definition) is 6. The topological polar surface area (TPSA) is 145 Å². The third-order valence-corrected chi connectivity index (χ3v) is 2.74. The molecule has 0 aromatic heterocycles. The Bertz CT molecular complexity index is 560. The molecule has 1 aromatic carbocycles. The third-order valence-electron chi connectivity index (χ3n) is 2.74. The summed E-state index contributed by atoms with van der Waals surface area (Å²) in [6.45, 7) is 0.141. The summed E-state index contributed by atoms with van der Waals surface area (Å²) in [7, 11) is 1.40. The fourth-order valence-electron chi connectivity index (χ4n) is 1.64. The van der Waals surface area contributed by atoms with E-state index in [0.29, 0.717) is 0 Å². The van der Waals surface area contributed by atoms with Crippen molar-refractivity contribution in [2.75, 3.05) is 19.5 Å². The fourth-order valence-corrected chi connectivity index (χ4v) is 1.64. The molecule has 0 aliphatic rings. The second-order valence-corrected chi connectivity index (χ2v) is 4.14. The molecule has 0 bridgehead atoms. The molecule has 0 saturated heterocycles. The second kappa shape index (κ2) is 7.20. The average molecular weight is 297 g/mol. The zero-order valence-electron chi connectivity index (χ0n) is 11.2. The smallest absolute Gasteiger partial charge is 0.326 e. The van der Waals surface area contributed by atoms with Gasteiger partial charge < -0.3 is 20.9 Å². The molecular formula is C12H15N3O6. The number of nitro groups is 1. The largest absolute Gasteiger partial charge is 0.480 e. The number of carbonyl (C=O) groups is 2. The second-order valence-electron chi connectivity index (χ2n) is 4.14. The molecule has 0 fully saturated rings. The quantitative estimate of drug-likeness (QED) is 0.375. The van der Waals surface area contributed by atoms with Crippen LogP contribution in [0.4, 0.5) is 11.4 Å². The lowest BCUT2D eigenvalue weighted by molar-refractivity contribution is -0.383. The Kier molecular flexibility index (Phi) is 5.61. The molecule has 9 nitrogen and oxygen atoms in total. The van der Waals surface area contributed by atoms with Crippen LogP contribution in [0.2, 0.25) is 0 Å². The summed E-state index contributed by atoms with van der Waals surface area (Å²) in [4.78, 5) is 33.1. The van der Waals surface area contributed by atoms with E-state index in [0.717, 1.165) is 6.07 Å². The number of nitrogens with one attached hydrogen (secondary N) is 1. The molecule has 9 heteroatoms. The van der Waals surface area contributed by atoms with Gasteiger partial charge >= 0.3 is 5.97 Å². The lowest BCUT2D eigenvalue weighted by atomic mass is 10.1. The molecule has 4 N–H and O–H groups in total. The number of para-hydroxylation sites is 1.